The summed E-state index contributed by atoms with van der Waals surface area (Å²) in [5, 5.41) is 0. The summed E-state index contributed by atoms with van der Waals surface area (Å²) in [5.74, 6) is -0.605. The van der Waals surface area contributed by atoms with Gasteiger partial charge in [0.1, 0.15) is 0 Å². The number of pyridine rings is 1. The smallest absolute Gasteiger partial charge is 0.366 e. The molecule has 1 aromatic heterocycles. The number of hydrogen-bond acceptors (Lipinski definition) is 2. The largest absolute Gasteiger partial charge is 0.416 e. The molecule has 2 N–H and O–H groups in total. The van der Waals surface area contributed by atoms with E-state index in [0.717, 1.165) is 12.1 Å². The second-order valence-electron chi connectivity index (χ2n) is 3.87. The van der Waals surface area contributed by atoms with Crippen molar-refractivity contribution in [3.05, 3.63) is 53.7 Å². The number of rotatable bonds is 2. The molecule has 0 saturated carbocycles. The first kappa shape index (κ1) is 13.1. The summed E-state index contributed by atoms with van der Waals surface area (Å²) in [6, 6.07) is 7.63. The highest BCUT2D eigenvalue weighted by molar-refractivity contribution is 5.92. The number of carbonyl (C=O) groups is 1. The summed E-state index contributed by atoms with van der Waals surface area (Å²) in [6.07, 6.45) is -3.07. The Bertz CT molecular complexity index is 589. The molecule has 0 unspecified atom stereocenters. The molecule has 1 aromatic carbocycles. The lowest BCUT2D eigenvalue weighted by molar-refractivity contribution is -0.137. The van der Waals surface area contributed by atoms with E-state index in [0.29, 0.717) is 11.3 Å². The maximum Gasteiger partial charge on any atom is 0.416 e. The lowest BCUT2D eigenvalue weighted by Gasteiger charge is -2.07. The second kappa shape index (κ2) is 4.72. The molecule has 0 saturated heterocycles. The molecule has 2 aromatic rings. The van der Waals surface area contributed by atoms with Crippen LogP contribution < -0.4 is 5.73 Å². The first-order valence-electron chi connectivity index (χ1n) is 5.31. The van der Waals surface area contributed by atoms with Crippen molar-refractivity contribution in [1.82, 2.24) is 4.98 Å². The van der Waals surface area contributed by atoms with Gasteiger partial charge in [0.05, 0.1) is 16.8 Å². The normalized spacial score (nSPS) is 11.3. The number of halogens is 3. The number of carbonyl (C=O) groups excluding carboxylic acids is 1. The topological polar surface area (TPSA) is 56.0 Å². The molecule has 0 fully saturated rings. The maximum atomic E-state index is 12.4. The highest BCUT2D eigenvalue weighted by atomic mass is 19.4. The number of hydrogen-bond donors (Lipinski definition) is 1. The Balaban J connectivity index is 2.30. The third kappa shape index (κ3) is 2.90. The van der Waals surface area contributed by atoms with Gasteiger partial charge in [0.15, 0.2) is 0 Å². The van der Waals surface area contributed by atoms with Gasteiger partial charge in [0, 0.05) is 11.8 Å². The molecular formula is C13H9F3N2O. The van der Waals surface area contributed by atoms with E-state index in [2.05, 4.69) is 4.98 Å². The molecule has 0 atom stereocenters. The Hall–Kier alpha value is -2.37. The molecule has 0 aliphatic carbocycles. The molecule has 0 aliphatic rings. The third-order valence-corrected chi connectivity index (χ3v) is 2.56. The Labute approximate surface area is 106 Å². The van der Waals surface area contributed by atoms with Crippen LogP contribution in [-0.2, 0) is 6.18 Å². The van der Waals surface area contributed by atoms with Crippen LogP contribution in [-0.4, -0.2) is 10.9 Å². The van der Waals surface area contributed by atoms with Crippen LogP contribution in [0, 0.1) is 0 Å². The number of benzene rings is 1. The van der Waals surface area contributed by atoms with Crippen molar-refractivity contribution in [2.24, 2.45) is 5.73 Å². The van der Waals surface area contributed by atoms with Gasteiger partial charge in [-0.3, -0.25) is 9.78 Å². The predicted molar refractivity (Wildman–Crippen MR) is 63.2 cm³/mol. The SMILES string of the molecule is NC(=O)c1ccc(-c2ccc(C(F)(F)F)cc2)nc1. The number of nitrogens with zero attached hydrogens (tertiary/aromatic N) is 1. The van der Waals surface area contributed by atoms with E-state index in [9.17, 15) is 18.0 Å². The zero-order valence-electron chi connectivity index (χ0n) is 9.61. The molecule has 6 heteroatoms. The average molecular weight is 266 g/mol. The number of nitrogens with two attached hydrogens (primary N) is 1. The van der Waals surface area contributed by atoms with Gasteiger partial charge in [-0.05, 0) is 24.3 Å². The molecule has 3 nitrogen and oxygen atoms in total. The highest BCUT2D eigenvalue weighted by Gasteiger charge is 2.29. The zero-order chi connectivity index (χ0) is 14.0. The van der Waals surface area contributed by atoms with E-state index in [1.165, 1.54) is 30.5 Å². The summed E-state index contributed by atoms with van der Waals surface area (Å²) in [6.45, 7) is 0. The van der Waals surface area contributed by atoms with Crippen molar-refractivity contribution in [1.29, 1.82) is 0 Å². The van der Waals surface area contributed by atoms with Crippen LogP contribution >= 0.6 is 0 Å². The molecule has 19 heavy (non-hydrogen) atoms. The van der Waals surface area contributed by atoms with E-state index in [-0.39, 0.29) is 5.56 Å². The van der Waals surface area contributed by atoms with Crippen molar-refractivity contribution in [2.45, 2.75) is 6.18 Å². The highest BCUT2D eigenvalue weighted by Crippen LogP contribution is 2.30. The quantitative estimate of drug-likeness (QED) is 0.908. The van der Waals surface area contributed by atoms with Crippen LogP contribution in [0.5, 0.6) is 0 Å². The van der Waals surface area contributed by atoms with Gasteiger partial charge >= 0.3 is 6.18 Å². The summed E-state index contributed by atoms with van der Waals surface area (Å²) in [7, 11) is 0. The molecule has 0 aliphatic heterocycles. The van der Waals surface area contributed by atoms with Crippen molar-refractivity contribution >= 4 is 5.91 Å². The zero-order valence-corrected chi connectivity index (χ0v) is 9.61. The Morgan fingerprint density at radius 2 is 1.68 bits per heavy atom. The van der Waals surface area contributed by atoms with Crippen LogP contribution in [0.15, 0.2) is 42.6 Å². The van der Waals surface area contributed by atoms with Gasteiger partial charge in [-0.15, -0.1) is 0 Å². The van der Waals surface area contributed by atoms with Gasteiger partial charge in [-0.1, -0.05) is 12.1 Å². The van der Waals surface area contributed by atoms with Crippen molar-refractivity contribution in [2.75, 3.05) is 0 Å². The summed E-state index contributed by atoms with van der Waals surface area (Å²) >= 11 is 0. The van der Waals surface area contributed by atoms with Crippen LogP contribution in [0.3, 0.4) is 0 Å². The van der Waals surface area contributed by atoms with Crippen LogP contribution in [0.4, 0.5) is 13.2 Å². The number of primary amides is 1. The first-order chi connectivity index (χ1) is 8.88. The molecular weight excluding hydrogens is 257 g/mol. The summed E-state index contributed by atoms with van der Waals surface area (Å²) in [4.78, 5) is 14.8. The van der Waals surface area contributed by atoms with Gasteiger partial charge < -0.3 is 5.73 Å². The fourth-order valence-corrected chi connectivity index (χ4v) is 1.54. The Morgan fingerprint density at radius 3 is 2.11 bits per heavy atom. The minimum absolute atomic E-state index is 0.246. The van der Waals surface area contributed by atoms with Crippen LogP contribution in [0.2, 0.25) is 0 Å². The van der Waals surface area contributed by atoms with Gasteiger partial charge in [-0.25, -0.2) is 0 Å². The number of amides is 1. The lowest BCUT2D eigenvalue weighted by Crippen LogP contribution is -2.11. The molecule has 0 radical (unpaired) electrons. The third-order valence-electron chi connectivity index (χ3n) is 2.56. The maximum absolute atomic E-state index is 12.4. The van der Waals surface area contributed by atoms with Crippen molar-refractivity contribution in [3.63, 3.8) is 0 Å². The van der Waals surface area contributed by atoms with E-state index in [4.69, 9.17) is 5.73 Å². The molecule has 98 valence electrons. The van der Waals surface area contributed by atoms with Crippen molar-refractivity contribution < 1.29 is 18.0 Å². The molecule has 0 spiro atoms. The van der Waals surface area contributed by atoms with E-state index >= 15 is 0 Å². The van der Waals surface area contributed by atoms with E-state index < -0.39 is 17.6 Å². The first-order valence-corrected chi connectivity index (χ1v) is 5.31. The van der Waals surface area contributed by atoms with Gasteiger partial charge in [-0.2, -0.15) is 13.2 Å². The average Bonchev–Trinajstić information content (AvgIpc) is 2.38. The Kier molecular flexibility index (Phi) is 3.25. The van der Waals surface area contributed by atoms with Gasteiger partial charge in [0.2, 0.25) is 5.91 Å². The molecule has 2 rings (SSSR count). The minimum atomic E-state index is -4.36. The van der Waals surface area contributed by atoms with E-state index in [1.54, 1.807) is 0 Å². The van der Waals surface area contributed by atoms with E-state index in [1.807, 2.05) is 0 Å². The fraction of sp³-hybridized carbons (Fsp3) is 0.0769. The molecule has 1 heterocycles. The monoisotopic (exact) mass is 266 g/mol. The van der Waals surface area contributed by atoms with Gasteiger partial charge in [0.25, 0.3) is 0 Å². The molecule has 1 amide bonds. The predicted octanol–water partition coefficient (Wildman–Crippen LogP) is 2.87. The fourth-order valence-electron chi connectivity index (χ4n) is 1.54. The minimum Gasteiger partial charge on any atom is -0.366 e. The van der Waals surface area contributed by atoms with Crippen LogP contribution in [0.25, 0.3) is 11.3 Å². The van der Waals surface area contributed by atoms with Crippen molar-refractivity contribution in [3.8, 4) is 11.3 Å². The number of alkyl halides is 3. The second-order valence-corrected chi connectivity index (χ2v) is 3.87. The summed E-state index contributed by atoms with van der Waals surface area (Å²) in [5.41, 5.74) is 5.60. The van der Waals surface area contributed by atoms with Crippen LogP contribution in [0.1, 0.15) is 15.9 Å². The summed E-state index contributed by atoms with van der Waals surface area (Å²) < 4.78 is 37.2. The number of aromatic nitrogens is 1. The molecule has 0 bridgehead atoms. The lowest BCUT2D eigenvalue weighted by atomic mass is 10.1. The Morgan fingerprint density at radius 1 is 1.05 bits per heavy atom. The standard InChI is InChI=1S/C13H9F3N2O/c14-13(15,16)10-4-1-8(2-5-10)11-6-3-9(7-18-11)12(17)19/h1-7H,(H2,17,19).